The second-order valence-electron chi connectivity index (χ2n) is 4.28. The normalized spacial score (nSPS) is 20.4. The van der Waals surface area contributed by atoms with Crippen LogP contribution in [0.1, 0.15) is 31.7 Å². The summed E-state index contributed by atoms with van der Waals surface area (Å²) in [4.78, 5) is 2.49. The van der Waals surface area contributed by atoms with Crippen molar-refractivity contribution in [1.29, 1.82) is 0 Å². The molecular formula is C13H17BrClN. The maximum atomic E-state index is 6.35. The van der Waals surface area contributed by atoms with Gasteiger partial charge in [-0.2, -0.15) is 0 Å². The third-order valence-electron chi connectivity index (χ3n) is 3.35. The predicted molar refractivity (Wildman–Crippen MR) is 74.7 cm³/mol. The lowest BCUT2D eigenvalue weighted by Crippen LogP contribution is -2.29. The Balaban J connectivity index is 2.38. The van der Waals surface area contributed by atoms with Gasteiger partial charge in [0.05, 0.1) is 10.7 Å². The number of rotatable bonds is 3. The second kappa shape index (κ2) is 5.42. The van der Waals surface area contributed by atoms with Gasteiger partial charge in [-0.3, -0.25) is 0 Å². The van der Waals surface area contributed by atoms with Crippen molar-refractivity contribution in [2.45, 2.75) is 37.6 Å². The van der Waals surface area contributed by atoms with E-state index in [4.69, 9.17) is 11.6 Å². The first-order chi connectivity index (χ1) is 7.77. The number of halogens is 2. The van der Waals surface area contributed by atoms with E-state index in [9.17, 15) is 0 Å². The minimum Gasteiger partial charge on any atom is -0.367 e. The number of alkyl halides is 1. The van der Waals surface area contributed by atoms with Gasteiger partial charge in [-0.25, -0.2) is 0 Å². The van der Waals surface area contributed by atoms with E-state index in [1.807, 2.05) is 12.1 Å². The van der Waals surface area contributed by atoms with Crippen LogP contribution in [0.3, 0.4) is 0 Å². The van der Waals surface area contributed by atoms with E-state index < -0.39 is 0 Å². The van der Waals surface area contributed by atoms with Gasteiger partial charge in [0.2, 0.25) is 0 Å². The summed E-state index contributed by atoms with van der Waals surface area (Å²) in [5.41, 5.74) is 2.54. The molecule has 0 spiro atoms. The zero-order chi connectivity index (χ0) is 11.5. The van der Waals surface area contributed by atoms with Crippen LogP contribution in [0.15, 0.2) is 18.2 Å². The molecule has 3 heteroatoms. The zero-order valence-electron chi connectivity index (χ0n) is 9.55. The van der Waals surface area contributed by atoms with Crippen LogP contribution in [0.5, 0.6) is 0 Å². The molecule has 0 aromatic heterocycles. The molecule has 1 fully saturated rings. The minimum atomic E-state index is 0.665. The summed E-state index contributed by atoms with van der Waals surface area (Å²) in [6, 6.07) is 6.84. The van der Waals surface area contributed by atoms with Crippen LogP contribution < -0.4 is 4.90 Å². The highest BCUT2D eigenvalue weighted by Gasteiger charge is 2.26. The Morgan fingerprint density at radius 2 is 2.31 bits per heavy atom. The monoisotopic (exact) mass is 301 g/mol. The first-order valence-corrected chi connectivity index (χ1v) is 7.37. The van der Waals surface area contributed by atoms with Crippen molar-refractivity contribution in [1.82, 2.24) is 0 Å². The quantitative estimate of drug-likeness (QED) is 0.737. The van der Waals surface area contributed by atoms with Crippen LogP contribution in [0, 0.1) is 0 Å². The molecule has 0 N–H and O–H groups in total. The molecule has 16 heavy (non-hydrogen) atoms. The Kier molecular flexibility index (Phi) is 4.15. The molecule has 88 valence electrons. The van der Waals surface area contributed by atoms with E-state index in [0.717, 1.165) is 16.9 Å². The van der Waals surface area contributed by atoms with Crippen LogP contribution in [-0.2, 0) is 5.33 Å². The van der Waals surface area contributed by atoms with Gasteiger partial charge in [-0.1, -0.05) is 46.6 Å². The Bertz CT molecular complexity index is 367. The zero-order valence-corrected chi connectivity index (χ0v) is 11.9. The third-order valence-corrected chi connectivity index (χ3v) is 4.26. The highest BCUT2D eigenvalue weighted by molar-refractivity contribution is 9.08. The number of para-hydroxylation sites is 1. The average Bonchev–Trinajstić information content (AvgIpc) is 2.76. The van der Waals surface area contributed by atoms with Gasteiger partial charge in [-0.05, 0) is 30.9 Å². The van der Waals surface area contributed by atoms with Crippen molar-refractivity contribution in [3.05, 3.63) is 28.8 Å². The van der Waals surface area contributed by atoms with E-state index in [-0.39, 0.29) is 0 Å². The van der Waals surface area contributed by atoms with Crippen LogP contribution in [-0.4, -0.2) is 12.6 Å². The van der Waals surface area contributed by atoms with Gasteiger partial charge >= 0.3 is 0 Å². The summed E-state index contributed by atoms with van der Waals surface area (Å²) in [6.45, 7) is 3.40. The largest absolute Gasteiger partial charge is 0.367 e. The molecule has 1 atom stereocenters. The lowest BCUT2D eigenvalue weighted by atomic mass is 10.1. The van der Waals surface area contributed by atoms with E-state index in [0.29, 0.717) is 6.04 Å². The van der Waals surface area contributed by atoms with E-state index in [2.05, 4.69) is 33.8 Å². The molecule has 0 bridgehead atoms. The summed E-state index contributed by atoms with van der Waals surface area (Å²) in [6.07, 6.45) is 3.78. The molecule has 0 radical (unpaired) electrons. The van der Waals surface area contributed by atoms with Crippen molar-refractivity contribution in [2.24, 2.45) is 0 Å². The number of nitrogens with zero attached hydrogens (tertiary/aromatic N) is 1. The van der Waals surface area contributed by atoms with Crippen LogP contribution >= 0.6 is 27.5 Å². The lowest BCUT2D eigenvalue weighted by Gasteiger charge is -2.28. The molecule has 1 saturated heterocycles. The summed E-state index contributed by atoms with van der Waals surface area (Å²) in [7, 11) is 0. The molecule has 1 unspecified atom stereocenters. The molecule has 0 amide bonds. The SMILES string of the molecule is CCC1CCCN1c1c(Cl)cccc1CBr. The fourth-order valence-corrected chi connectivity index (χ4v) is 3.30. The van der Waals surface area contributed by atoms with Gasteiger partial charge in [0.1, 0.15) is 0 Å². The molecule has 1 aliphatic heterocycles. The Morgan fingerprint density at radius 3 is 3.00 bits per heavy atom. The van der Waals surface area contributed by atoms with Crippen molar-refractivity contribution >= 4 is 33.2 Å². The van der Waals surface area contributed by atoms with E-state index in [1.165, 1.54) is 30.5 Å². The Labute approximate surface area is 111 Å². The van der Waals surface area contributed by atoms with Crippen LogP contribution in [0.2, 0.25) is 5.02 Å². The number of hydrogen-bond donors (Lipinski definition) is 0. The molecule has 1 aromatic carbocycles. The van der Waals surface area contributed by atoms with Gasteiger partial charge in [-0.15, -0.1) is 0 Å². The van der Waals surface area contributed by atoms with Crippen LogP contribution in [0.25, 0.3) is 0 Å². The molecule has 1 nitrogen and oxygen atoms in total. The van der Waals surface area contributed by atoms with E-state index in [1.54, 1.807) is 0 Å². The third kappa shape index (κ3) is 2.23. The summed E-state index contributed by atoms with van der Waals surface area (Å²) in [5.74, 6) is 0. The van der Waals surface area contributed by atoms with Crippen LogP contribution in [0.4, 0.5) is 5.69 Å². The Hall–Kier alpha value is -0.210. The molecule has 1 aliphatic rings. The minimum absolute atomic E-state index is 0.665. The summed E-state index contributed by atoms with van der Waals surface area (Å²) >= 11 is 9.89. The topological polar surface area (TPSA) is 3.24 Å². The van der Waals surface area contributed by atoms with Gasteiger partial charge < -0.3 is 4.90 Å². The van der Waals surface area contributed by atoms with Gasteiger partial charge in [0, 0.05) is 17.9 Å². The molecule has 0 saturated carbocycles. The van der Waals surface area contributed by atoms with E-state index >= 15 is 0 Å². The highest BCUT2D eigenvalue weighted by Crippen LogP contribution is 2.36. The number of hydrogen-bond acceptors (Lipinski definition) is 1. The maximum Gasteiger partial charge on any atom is 0.0642 e. The number of anilines is 1. The van der Waals surface area contributed by atoms with Gasteiger partial charge in [0.15, 0.2) is 0 Å². The Morgan fingerprint density at radius 1 is 1.50 bits per heavy atom. The molecule has 0 aliphatic carbocycles. The molecule has 1 aromatic rings. The second-order valence-corrected chi connectivity index (χ2v) is 5.25. The fraction of sp³-hybridized carbons (Fsp3) is 0.538. The summed E-state index contributed by atoms with van der Waals surface area (Å²) < 4.78 is 0. The maximum absolute atomic E-state index is 6.35. The number of benzene rings is 1. The lowest BCUT2D eigenvalue weighted by molar-refractivity contribution is 0.644. The summed E-state index contributed by atoms with van der Waals surface area (Å²) in [5, 5.41) is 1.76. The van der Waals surface area contributed by atoms with Crippen molar-refractivity contribution in [3.8, 4) is 0 Å². The predicted octanol–water partition coefficient (Wildman–Crippen LogP) is 4.61. The average molecular weight is 303 g/mol. The van der Waals surface area contributed by atoms with Gasteiger partial charge in [0.25, 0.3) is 0 Å². The molecule has 2 rings (SSSR count). The standard InChI is InChI=1S/C13H17BrClN/c1-2-11-6-4-8-16(11)13-10(9-14)5-3-7-12(13)15/h3,5,7,11H,2,4,6,8-9H2,1H3. The smallest absolute Gasteiger partial charge is 0.0642 e. The van der Waals surface area contributed by atoms with Crippen molar-refractivity contribution in [3.63, 3.8) is 0 Å². The highest BCUT2D eigenvalue weighted by atomic mass is 79.9. The van der Waals surface area contributed by atoms with Crippen molar-refractivity contribution in [2.75, 3.05) is 11.4 Å². The molecule has 1 heterocycles. The van der Waals surface area contributed by atoms with Crippen molar-refractivity contribution < 1.29 is 0 Å². The molecular weight excluding hydrogens is 286 g/mol. The first kappa shape index (κ1) is 12.3. The fourth-order valence-electron chi connectivity index (χ4n) is 2.54. The first-order valence-electron chi connectivity index (χ1n) is 5.88.